The molecule has 0 N–H and O–H groups in total. The molecule has 3 amide bonds. The zero-order valence-corrected chi connectivity index (χ0v) is 16.8. The predicted octanol–water partition coefficient (Wildman–Crippen LogP) is 5.01. The maximum absolute atomic E-state index is 12.8. The second kappa shape index (κ2) is 11.0. The summed E-state index contributed by atoms with van der Waals surface area (Å²) in [6.07, 6.45) is 8.36. The first-order valence-corrected chi connectivity index (χ1v) is 9.75. The molecule has 0 heterocycles. The van der Waals surface area contributed by atoms with E-state index in [0.717, 1.165) is 16.7 Å². The van der Waals surface area contributed by atoms with Crippen molar-refractivity contribution >= 4 is 35.9 Å². The van der Waals surface area contributed by atoms with Gasteiger partial charge in [0.25, 0.3) is 17.7 Å². The highest BCUT2D eigenvalue weighted by Gasteiger charge is 2.23. The molecule has 0 aliphatic heterocycles. The molecule has 31 heavy (non-hydrogen) atoms. The lowest BCUT2D eigenvalue weighted by Crippen LogP contribution is -2.39. The molecule has 4 nitrogen and oxygen atoms in total. The van der Waals surface area contributed by atoms with E-state index >= 15 is 0 Å². The zero-order chi connectivity index (χ0) is 21.9. The van der Waals surface area contributed by atoms with Crippen molar-refractivity contribution in [1.29, 1.82) is 0 Å². The molecule has 4 heteroatoms. The normalized spacial score (nSPS) is 11.2. The van der Waals surface area contributed by atoms with Gasteiger partial charge in [-0.2, -0.15) is 0 Å². The van der Waals surface area contributed by atoms with Crippen LogP contribution in [0.2, 0.25) is 0 Å². The summed E-state index contributed by atoms with van der Waals surface area (Å²) in [7, 11) is 0. The summed E-state index contributed by atoms with van der Waals surface area (Å²) in [4.78, 5) is 38.9. The summed E-state index contributed by atoms with van der Waals surface area (Å²) in [5.41, 5.74) is 2.36. The monoisotopic (exact) mass is 407 g/mol. The lowest BCUT2D eigenvalue weighted by molar-refractivity contribution is -0.147. The van der Waals surface area contributed by atoms with Crippen LogP contribution in [0.1, 0.15) is 16.7 Å². The molecular weight excluding hydrogens is 386 g/mol. The molecule has 3 rings (SSSR count). The average molecular weight is 407 g/mol. The number of hydrogen-bond donors (Lipinski definition) is 0. The van der Waals surface area contributed by atoms with E-state index in [1.165, 1.54) is 18.2 Å². The van der Waals surface area contributed by atoms with Crippen molar-refractivity contribution in [3.63, 3.8) is 0 Å². The van der Waals surface area contributed by atoms with Crippen LogP contribution in [-0.4, -0.2) is 22.6 Å². The molecule has 0 unspecified atom stereocenters. The summed E-state index contributed by atoms with van der Waals surface area (Å²) < 4.78 is 0. The Morgan fingerprint density at radius 1 is 0.452 bits per heavy atom. The molecule has 0 saturated heterocycles. The molecule has 0 atom stereocenters. The van der Waals surface area contributed by atoms with E-state index in [1.54, 1.807) is 18.2 Å². The van der Waals surface area contributed by atoms with E-state index in [-0.39, 0.29) is 0 Å². The Morgan fingerprint density at radius 3 is 0.968 bits per heavy atom. The topological polar surface area (TPSA) is 54.5 Å². The van der Waals surface area contributed by atoms with Crippen LogP contribution in [0.5, 0.6) is 0 Å². The number of amides is 3. The van der Waals surface area contributed by atoms with Gasteiger partial charge in [-0.3, -0.25) is 14.4 Å². The first-order chi connectivity index (χ1) is 15.1. The first-order valence-electron chi connectivity index (χ1n) is 9.75. The third-order valence-corrected chi connectivity index (χ3v) is 4.31. The Labute approximate surface area is 181 Å². The number of rotatable bonds is 6. The SMILES string of the molecule is O=C(/C=C\c1ccccc1)N(C(=O)/C=C\c1ccccc1)C(=O)/C=C/c1ccccc1. The fourth-order valence-corrected chi connectivity index (χ4v) is 2.74. The van der Waals surface area contributed by atoms with Crippen molar-refractivity contribution < 1.29 is 14.4 Å². The van der Waals surface area contributed by atoms with Crippen molar-refractivity contribution in [2.75, 3.05) is 0 Å². The van der Waals surface area contributed by atoms with Crippen LogP contribution in [0.4, 0.5) is 0 Å². The molecule has 0 aliphatic rings. The summed E-state index contributed by atoms with van der Waals surface area (Å²) in [6.45, 7) is 0. The van der Waals surface area contributed by atoms with E-state index in [4.69, 9.17) is 0 Å². The zero-order valence-electron chi connectivity index (χ0n) is 16.8. The van der Waals surface area contributed by atoms with E-state index in [0.29, 0.717) is 4.90 Å². The lowest BCUT2D eigenvalue weighted by atomic mass is 10.2. The van der Waals surface area contributed by atoms with Gasteiger partial charge in [0.15, 0.2) is 0 Å². The number of imide groups is 3. The number of carbonyl (C=O) groups is 3. The van der Waals surface area contributed by atoms with Crippen LogP contribution < -0.4 is 0 Å². The van der Waals surface area contributed by atoms with E-state index in [9.17, 15) is 14.4 Å². The molecule has 0 saturated carbocycles. The van der Waals surface area contributed by atoms with E-state index in [1.807, 2.05) is 91.0 Å². The average Bonchev–Trinajstić information content (AvgIpc) is 2.82. The van der Waals surface area contributed by atoms with E-state index in [2.05, 4.69) is 0 Å². The van der Waals surface area contributed by atoms with Gasteiger partial charge in [0.2, 0.25) is 0 Å². The van der Waals surface area contributed by atoms with Gasteiger partial charge in [0.05, 0.1) is 0 Å². The maximum atomic E-state index is 12.8. The molecule has 0 fully saturated rings. The first kappa shape index (κ1) is 21.4. The fourth-order valence-electron chi connectivity index (χ4n) is 2.74. The van der Waals surface area contributed by atoms with Gasteiger partial charge in [-0.05, 0) is 34.9 Å². The highest BCUT2D eigenvalue weighted by molar-refractivity contribution is 6.21. The molecule has 0 radical (unpaired) electrons. The largest absolute Gasteiger partial charge is 0.269 e. The van der Waals surface area contributed by atoms with Crippen molar-refractivity contribution in [1.82, 2.24) is 4.90 Å². The van der Waals surface area contributed by atoms with Gasteiger partial charge in [-0.1, -0.05) is 91.0 Å². The highest BCUT2D eigenvalue weighted by atomic mass is 16.2. The van der Waals surface area contributed by atoms with Gasteiger partial charge in [0, 0.05) is 18.2 Å². The maximum Gasteiger partial charge on any atom is 0.260 e. The number of nitrogens with zero attached hydrogens (tertiary/aromatic N) is 1. The minimum Gasteiger partial charge on any atom is -0.269 e. The predicted molar refractivity (Wildman–Crippen MR) is 123 cm³/mol. The molecule has 152 valence electrons. The van der Waals surface area contributed by atoms with Crippen molar-refractivity contribution in [3.8, 4) is 0 Å². The molecule has 3 aromatic rings. The van der Waals surface area contributed by atoms with Gasteiger partial charge in [0.1, 0.15) is 0 Å². The molecule has 0 aliphatic carbocycles. The number of benzene rings is 3. The molecule has 3 aromatic carbocycles. The second-order valence-corrected chi connectivity index (χ2v) is 6.58. The lowest BCUT2D eigenvalue weighted by Gasteiger charge is -2.13. The molecule has 0 bridgehead atoms. The van der Waals surface area contributed by atoms with Crippen LogP contribution >= 0.6 is 0 Å². The van der Waals surface area contributed by atoms with Crippen molar-refractivity contribution in [2.24, 2.45) is 0 Å². The Bertz CT molecular complexity index is 969. The minimum atomic E-state index is -0.714. The second-order valence-electron chi connectivity index (χ2n) is 6.58. The highest BCUT2D eigenvalue weighted by Crippen LogP contribution is 2.08. The van der Waals surface area contributed by atoms with Gasteiger partial charge in [-0.25, -0.2) is 4.90 Å². The van der Waals surface area contributed by atoms with Gasteiger partial charge >= 0.3 is 0 Å². The molecule has 0 aromatic heterocycles. The third-order valence-electron chi connectivity index (χ3n) is 4.31. The fraction of sp³-hybridized carbons (Fsp3) is 0. The Morgan fingerprint density at radius 2 is 0.710 bits per heavy atom. The molecule has 0 spiro atoms. The quantitative estimate of drug-likeness (QED) is 0.540. The van der Waals surface area contributed by atoms with Crippen molar-refractivity contribution in [3.05, 3.63) is 126 Å². The van der Waals surface area contributed by atoms with E-state index < -0.39 is 17.7 Å². The number of hydrogen-bond acceptors (Lipinski definition) is 3. The smallest absolute Gasteiger partial charge is 0.260 e. The van der Waals surface area contributed by atoms with Crippen molar-refractivity contribution in [2.45, 2.75) is 0 Å². The van der Waals surface area contributed by atoms with Gasteiger partial charge < -0.3 is 0 Å². The standard InChI is InChI=1S/C27H21NO3/c29-25(19-16-22-10-4-1-5-11-22)28(26(30)20-17-23-12-6-2-7-13-23)27(31)21-18-24-14-8-3-9-15-24/h1-21H/b19-16-,20-17-,21-18+. The Hall–Kier alpha value is -4.31. The Kier molecular flexibility index (Phi) is 7.61. The minimum absolute atomic E-state index is 0.623. The summed E-state index contributed by atoms with van der Waals surface area (Å²) >= 11 is 0. The van der Waals surface area contributed by atoms with Gasteiger partial charge in [-0.15, -0.1) is 0 Å². The summed E-state index contributed by atoms with van der Waals surface area (Å²) in [6, 6.07) is 27.5. The molecular formula is C27H21NO3. The summed E-state index contributed by atoms with van der Waals surface area (Å²) in [5, 5.41) is 0. The van der Waals surface area contributed by atoms with Crippen LogP contribution in [0, 0.1) is 0 Å². The Balaban J connectivity index is 1.83. The van der Waals surface area contributed by atoms with Crippen LogP contribution in [0.25, 0.3) is 18.2 Å². The number of carbonyl (C=O) groups excluding carboxylic acids is 3. The third kappa shape index (κ3) is 6.61. The van der Waals surface area contributed by atoms with Crippen LogP contribution in [0.3, 0.4) is 0 Å². The van der Waals surface area contributed by atoms with Crippen LogP contribution in [0.15, 0.2) is 109 Å². The van der Waals surface area contributed by atoms with Crippen LogP contribution in [-0.2, 0) is 14.4 Å². The summed E-state index contributed by atoms with van der Waals surface area (Å²) in [5.74, 6) is -2.14.